The van der Waals surface area contributed by atoms with Gasteiger partial charge in [-0.25, -0.2) is 9.40 Å². The second kappa shape index (κ2) is 3.56. The summed E-state index contributed by atoms with van der Waals surface area (Å²) >= 11 is 0. The molecule has 1 amide bonds. The van der Waals surface area contributed by atoms with E-state index in [1.165, 1.54) is 6.07 Å². The van der Waals surface area contributed by atoms with Crippen LogP contribution in [-0.4, -0.2) is 29.0 Å². The Morgan fingerprint density at radius 2 is 2.12 bits per heavy atom. The number of nitrogens with zero attached hydrogens (tertiary/aromatic N) is 2. The van der Waals surface area contributed by atoms with Crippen molar-refractivity contribution >= 4 is 5.91 Å². The number of amides is 1. The van der Waals surface area contributed by atoms with Crippen LogP contribution in [0.15, 0.2) is 18.2 Å². The number of halogens is 1. The van der Waals surface area contributed by atoms with E-state index in [2.05, 4.69) is 0 Å². The Morgan fingerprint density at radius 3 is 3.00 bits per heavy atom. The summed E-state index contributed by atoms with van der Waals surface area (Å²) < 4.78 is 13.7. The number of hydrogen-bond acceptors (Lipinski definition) is 2. The van der Waals surface area contributed by atoms with Crippen LogP contribution in [0.4, 0.5) is 4.39 Å². The lowest BCUT2D eigenvalue weighted by molar-refractivity contribution is -0.142. The van der Waals surface area contributed by atoms with Crippen molar-refractivity contribution in [1.29, 1.82) is 0 Å². The topological polar surface area (TPSA) is 23.6 Å². The maximum Gasteiger partial charge on any atom is 0.241 e. The monoisotopic (exact) mass is 220 g/mol. The van der Waals surface area contributed by atoms with Gasteiger partial charge in [0.2, 0.25) is 5.91 Å². The summed E-state index contributed by atoms with van der Waals surface area (Å²) in [6.07, 6.45) is 1.30. The third-order valence-corrected chi connectivity index (χ3v) is 3.31. The van der Waals surface area contributed by atoms with Crippen molar-refractivity contribution in [2.75, 3.05) is 13.1 Å². The molecule has 0 bridgehead atoms. The Hall–Kier alpha value is -1.42. The number of fused-ring (bicyclic) bond motifs is 2. The van der Waals surface area contributed by atoms with E-state index in [1.807, 2.05) is 11.1 Å². The fourth-order valence-electron chi connectivity index (χ4n) is 2.49. The predicted octanol–water partition coefficient (Wildman–Crippen LogP) is 1.33. The number of benzene rings is 1. The highest BCUT2D eigenvalue weighted by atomic mass is 19.1. The second-order valence-electron chi connectivity index (χ2n) is 4.31. The molecule has 0 radical (unpaired) electrons. The summed E-state index contributed by atoms with van der Waals surface area (Å²) in [7, 11) is 0. The minimum atomic E-state index is -0.195. The third-order valence-electron chi connectivity index (χ3n) is 3.31. The van der Waals surface area contributed by atoms with Crippen molar-refractivity contribution in [3.8, 4) is 0 Å². The van der Waals surface area contributed by atoms with E-state index in [0.717, 1.165) is 25.1 Å². The zero-order chi connectivity index (χ0) is 11.1. The highest BCUT2D eigenvalue weighted by molar-refractivity contribution is 5.79. The molecule has 0 saturated carbocycles. The van der Waals surface area contributed by atoms with E-state index in [1.54, 1.807) is 11.1 Å². The molecule has 1 saturated heterocycles. The van der Waals surface area contributed by atoms with Gasteiger partial charge < -0.3 is 0 Å². The lowest BCUT2D eigenvalue weighted by Crippen LogP contribution is -2.39. The summed E-state index contributed by atoms with van der Waals surface area (Å²) in [5.41, 5.74) is 1.51. The number of hydrogen-bond donors (Lipinski definition) is 0. The molecule has 1 aromatic carbocycles. The first-order valence-electron chi connectivity index (χ1n) is 5.57. The lowest BCUT2D eigenvalue weighted by atomic mass is 10.0. The van der Waals surface area contributed by atoms with Gasteiger partial charge in [-0.3, -0.25) is 9.80 Å². The van der Waals surface area contributed by atoms with Gasteiger partial charge in [-0.15, -0.1) is 0 Å². The molecule has 0 aromatic heterocycles. The first-order valence-corrected chi connectivity index (χ1v) is 5.57. The summed E-state index contributed by atoms with van der Waals surface area (Å²) in [6, 6.07) is 4.99. The molecule has 1 aromatic rings. The van der Waals surface area contributed by atoms with Crippen LogP contribution < -0.4 is 0 Å². The molecule has 0 unspecified atom stereocenters. The van der Waals surface area contributed by atoms with E-state index >= 15 is 0 Å². The molecule has 1 fully saturated rings. The van der Waals surface area contributed by atoms with Gasteiger partial charge in [-0.2, -0.15) is 0 Å². The van der Waals surface area contributed by atoms with Gasteiger partial charge in [-0.05, 0) is 18.1 Å². The highest BCUT2D eigenvalue weighted by Crippen LogP contribution is 2.25. The normalized spacial score (nSPS) is 20.6. The second-order valence-corrected chi connectivity index (χ2v) is 4.31. The summed E-state index contributed by atoms with van der Waals surface area (Å²) in [6.45, 7) is 2.14. The van der Waals surface area contributed by atoms with Crippen LogP contribution in [-0.2, 0) is 17.8 Å². The van der Waals surface area contributed by atoms with Gasteiger partial charge in [0, 0.05) is 25.2 Å². The summed E-state index contributed by atoms with van der Waals surface area (Å²) in [4.78, 5) is 11.9. The average molecular weight is 220 g/mol. The van der Waals surface area contributed by atoms with Crippen LogP contribution in [0.2, 0.25) is 0 Å². The first kappa shape index (κ1) is 9.78. The number of rotatable bonds is 0. The zero-order valence-electron chi connectivity index (χ0n) is 8.95. The van der Waals surface area contributed by atoms with Gasteiger partial charge in [0.1, 0.15) is 5.82 Å². The van der Waals surface area contributed by atoms with Crippen LogP contribution in [0.1, 0.15) is 17.5 Å². The molecule has 4 heteroatoms. The molecule has 16 heavy (non-hydrogen) atoms. The quantitative estimate of drug-likeness (QED) is 0.658. The molecule has 0 aliphatic carbocycles. The standard InChI is InChI=1S/C12H13FN2O/c13-11-4-1-3-9-7-12(16)15-6-2-5-14(15)8-10(9)11/h1,3-4H,2,5-8H2. The Bertz CT molecular complexity index is 447. The van der Waals surface area contributed by atoms with E-state index < -0.39 is 0 Å². The molecule has 3 rings (SSSR count). The Kier molecular flexibility index (Phi) is 2.17. The van der Waals surface area contributed by atoms with E-state index in [-0.39, 0.29) is 11.7 Å². The van der Waals surface area contributed by atoms with Crippen molar-refractivity contribution in [3.05, 3.63) is 35.1 Å². The molecule has 0 spiro atoms. The van der Waals surface area contributed by atoms with Gasteiger partial charge in [0.15, 0.2) is 0 Å². The minimum Gasteiger partial charge on any atom is -0.275 e. The molecular weight excluding hydrogens is 207 g/mol. The van der Waals surface area contributed by atoms with Crippen LogP contribution in [0, 0.1) is 5.82 Å². The van der Waals surface area contributed by atoms with Crippen LogP contribution in [0.5, 0.6) is 0 Å². The molecule has 0 atom stereocenters. The van der Waals surface area contributed by atoms with Gasteiger partial charge in [0.25, 0.3) is 0 Å². The van der Waals surface area contributed by atoms with E-state index in [4.69, 9.17) is 0 Å². The maximum atomic E-state index is 13.7. The van der Waals surface area contributed by atoms with E-state index in [0.29, 0.717) is 18.5 Å². The van der Waals surface area contributed by atoms with Crippen LogP contribution in [0.25, 0.3) is 0 Å². The first-order chi connectivity index (χ1) is 7.75. The summed E-state index contributed by atoms with van der Waals surface area (Å²) in [5, 5.41) is 3.72. The number of carbonyl (C=O) groups is 1. The van der Waals surface area contributed by atoms with Gasteiger partial charge >= 0.3 is 0 Å². The fraction of sp³-hybridized carbons (Fsp3) is 0.417. The molecule has 2 heterocycles. The fourth-order valence-corrected chi connectivity index (χ4v) is 2.49. The number of carbonyl (C=O) groups excluding carboxylic acids is 1. The average Bonchev–Trinajstić information content (AvgIpc) is 2.66. The molecular formula is C12H13FN2O. The highest BCUT2D eigenvalue weighted by Gasteiger charge is 2.31. The van der Waals surface area contributed by atoms with Gasteiger partial charge in [0.05, 0.1) is 6.42 Å². The lowest BCUT2D eigenvalue weighted by Gasteiger charge is -2.25. The predicted molar refractivity (Wildman–Crippen MR) is 56.8 cm³/mol. The van der Waals surface area contributed by atoms with Crippen molar-refractivity contribution in [1.82, 2.24) is 10.0 Å². The molecule has 2 aliphatic rings. The van der Waals surface area contributed by atoms with E-state index in [9.17, 15) is 9.18 Å². The Balaban J connectivity index is 2.05. The van der Waals surface area contributed by atoms with Crippen LogP contribution in [0.3, 0.4) is 0 Å². The number of hydrazine groups is 1. The van der Waals surface area contributed by atoms with Crippen molar-refractivity contribution in [2.24, 2.45) is 0 Å². The largest absolute Gasteiger partial charge is 0.275 e. The van der Waals surface area contributed by atoms with Crippen molar-refractivity contribution in [3.63, 3.8) is 0 Å². The van der Waals surface area contributed by atoms with Gasteiger partial charge in [-0.1, -0.05) is 12.1 Å². The SMILES string of the molecule is O=C1Cc2cccc(F)c2CN2CCCN12. The maximum absolute atomic E-state index is 13.7. The Labute approximate surface area is 93.4 Å². The van der Waals surface area contributed by atoms with Crippen molar-refractivity contribution < 1.29 is 9.18 Å². The zero-order valence-corrected chi connectivity index (χ0v) is 8.95. The van der Waals surface area contributed by atoms with Crippen molar-refractivity contribution in [2.45, 2.75) is 19.4 Å². The molecule has 0 N–H and O–H groups in total. The Morgan fingerprint density at radius 1 is 1.25 bits per heavy atom. The minimum absolute atomic E-state index is 0.0850. The van der Waals surface area contributed by atoms with Crippen LogP contribution >= 0.6 is 0 Å². The third kappa shape index (κ3) is 1.41. The summed E-state index contributed by atoms with van der Waals surface area (Å²) in [5.74, 6) is -0.110. The molecule has 3 nitrogen and oxygen atoms in total. The molecule has 2 aliphatic heterocycles. The molecule has 84 valence electrons. The smallest absolute Gasteiger partial charge is 0.241 e.